The van der Waals surface area contributed by atoms with Gasteiger partial charge in [0.05, 0.1) is 13.0 Å². The second-order valence-electron chi connectivity index (χ2n) is 8.43. The molecule has 1 aliphatic heterocycles. The summed E-state index contributed by atoms with van der Waals surface area (Å²) in [5, 5.41) is 3.11. The highest BCUT2D eigenvalue weighted by Crippen LogP contribution is 2.31. The van der Waals surface area contributed by atoms with Crippen molar-refractivity contribution in [2.24, 2.45) is 5.92 Å². The predicted octanol–water partition coefficient (Wildman–Crippen LogP) is 4.76. The van der Waals surface area contributed by atoms with Crippen molar-refractivity contribution in [2.45, 2.75) is 25.4 Å². The molecule has 0 spiro atoms. The van der Waals surface area contributed by atoms with Gasteiger partial charge in [-0.05, 0) is 53.3 Å². The molecule has 1 heterocycles. The zero-order chi connectivity index (χ0) is 22.3. The minimum absolute atomic E-state index is 0.0698. The van der Waals surface area contributed by atoms with Crippen LogP contribution in [0, 0.1) is 11.7 Å². The Hall–Kier alpha value is -3.18. The van der Waals surface area contributed by atoms with E-state index in [0.717, 1.165) is 36.4 Å². The van der Waals surface area contributed by atoms with Crippen LogP contribution in [-0.4, -0.2) is 31.0 Å². The number of benzene rings is 3. The molecule has 2 atom stereocenters. The van der Waals surface area contributed by atoms with Crippen molar-refractivity contribution in [3.63, 3.8) is 0 Å². The van der Waals surface area contributed by atoms with Gasteiger partial charge < -0.3 is 10.1 Å². The largest absolute Gasteiger partial charge is 0.497 e. The van der Waals surface area contributed by atoms with Crippen LogP contribution in [0.2, 0.25) is 0 Å². The minimum atomic E-state index is -0.239. The summed E-state index contributed by atoms with van der Waals surface area (Å²) in [5.74, 6) is 0.711. The molecule has 1 amide bonds. The van der Waals surface area contributed by atoms with E-state index >= 15 is 0 Å². The standard InChI is InChI=1S/C27H29FN2O2/c1-32-26-13-7-21(8-14-26)17-30-18-23(22-9-11-25(28)12-10-22)15-24(19-30)27(31)29-16-20-5-3-2-4-6-20/h2-14,23-24H,15-19H2,1H3,(H,29,31). The topological polar surface area (TPSA) is 41.6 Å². The van der Waals surface area contributed by atoms with Crippen molar-refractivity contribution in [1.29, 1.82) is 0 Å². The maximum absolute atomic E-state index is 13.5. The number of rotatable bonds is 7. The summed E-state index contributed by atoms with van der Waals surface area (Å²) in [6.07, 6.45) is 0.755. The van der Waals surface area contributed by atoms with Gasteiger partial charge in [0, 0.05) is 26.2 Å². The number of carbonyl (C=O) groups excluding carboxylic acids is 1. The van der Waals surface area contributed by atoms with E-state index < -0.39 is 0 Å². The number of methoxy groups -OCH3 is 1. The van der Waals surface area contributed by atoms with Crippen molar-refractivity contribution < 1.29 is 13.9 Å². The molecule has 1 aliphatic rings. The normalized spacial score (nSPS) is 18.8. The fraction of sp³-hybridized carbons (Fsp3) is 0.296. The molecule has 5 heteroatoms. The number of ether oxygens (including phenoxy) is 1. The fourth-order valence-electron chi connectivity index (χ4n) is 4.40. The number of nitrogens with zero attached hydrogens (tertiary/aromatic N) is 1. The average Bonchev–Trinajstić information content (AvgIpc) is 2.84. The first-order chi connectivity index (χ1) is 15.6. The second-order valence-corrected chi connectivity index (χ2v) is 8.43. The molecule has 0 bridgehead atoms. The quantitative estimate of drug-likeness (QED) is 0.586. The van der Waals surface area contributed by atoms with Crippen LogP contribution in [-0.2, 0) is 17.9 Å². The molecule has 3 aromatic rings. The van der Waals surface area contributed by atoms with Crippen LogP contribution in [0.1, 0.15) is 29.0 Å². The molecule has 0 saturated carbocycles. The number of piperidine rings is 1. The SMILES string of the molecule is COc1ccc(CN2CC(C(=O)NCc3ccccc3)CC(c3ccc(F)cc3)C2)cc1. The molecule has 1 fully saturated rings. The number of hydrogen-bond acceptors (Lipinski definition) is 3. The highest BCUT2D eigenvalue weighted by molar-refractivity contribution is 5.79. The zero-order valence-corrected chi connectivity index (χ0v) is 18.3. The number of amides is 1. The molecule has 0 aromatic heterocycles. The molecular weight excluding hydrogens is 403 g/mol. The molecule has 166 valence electrons. The molecule has 2 unspecified atom stereocenters. The molecule has 0 aliphatic carbocycles. The third kappa shape index (κ3) is 5.74. The molecule has 4 nitrogen and oxygen atoms in total. The van der Waals surface area contributed by atoms with Gasteiger partial charge in [0.15, 0.2) is 0 Å². The van der Waals surface area contributed by atoms with E-state index in [1.54, 1.807) is 7.11 Å². The van der Waals surface area contributed by atoms with Crippen LogP contribution >= 0.6 is 0 Å². The number of likely N-dealkylation sites (tertiary alicyclic amines) is 1. The van der Waals surface area contributed by atoms with Crippen LogP contribution in [0.4, 0.5) is 4.39 Å². The lowest BCUT2D eigenvalue weighted by Gasteiger charge is -2.37. The van der Waals surface area contributed by atoms with Crippen LogP contribution in [0.5, 0.6) is 5.75 Å². The minimum Gasteiger partial charge on any atom is -0.497 e. The molecule has 3 aromatic carbocycles. The Labute approximate surface area is 189 Å². The lowest BCUT2D eigenvalue weighted by atomic mass is 9.83. The molecule has 0 radical (unpaired) electrons. The van der Waals surface area contributed by atoms with Crippen LogP contribution in [0.3, 0.4) is 0 Å². The average molecular weight is 433 g/mol. The maximum Gasteiger partial charge on any atom is 0.224 e. The molecule has 32 heavy (non-hydrogen) atoms. The number of halogens is 1. The molecule has 1 saturated heterocycles. The highest BCUT2D eigenvalue weighted by atomic mass is 19.1. The summed E-state index contributed by atoms with van der Waals surface area (Å²) in [6, 6.07) is 24.7. The van der Waals surface area contributed by atoms with Gasteiger partial charge in [0.2, 0.25) is 5.91 Å². The summed E-state index contributed by atoms with van der Waals surface area (Å²) in [6.45, 7) is 2.81. The molecule has 1 N–H and O–H groups in total. The van der Waals surface area contributed by atoms with Gasteiger partial charge >= 0.3 is 0 Å². The zero-order valence-electron chi connectivity index (χ0n) is 18.3. The predicted molar refractivity (Wildman–Crippen MR) is 124 cm³/mol. The Bertz CT molecular complexity index is 1010. The van der Waals surface area contributed by atoms with Crippen molar-refractivity contribution in [3.8, 4) is 5.75 Å². The van der Waals surface area contributed by atoms with Gasteiger partial charge in [-0.25, -0.2) is 4.39 Å². The van der Waals surface area contributed by atoms with E-state index in [4.69, 9.17) is 4.74 Å². The van der Waals surface area contributed by atoms with Gasteiger partial charge in [-0.2, -0.15) is 0 Å². The van der Waals surface area contributed by atoms with E-state index in [2.05, 4.69) is 22.3 Å². The number of carbonyl (C=O) groups is 1. The Kier molecular flexibility index (Phi) is 7.17. The van der Waals surface area contributed by atoms with Crippen molar-refractivity contribution in [1.82, 2.24) is 10.2 Å². The lowest BCUT2D eigenvalue weighted by Crippen LogP contribution is -2.45. The highest BCUT2D eigenvalue weighted by Gasteiger charge is 2.32. The van der Waals surface area contributed by atoms with E-state index in [9.17, 15) is 9.18 Å². The third-order valence-electron chi connectivity index (χ3n) is 6.11. The van der Waals surface area contributed by atoms with Gasteiger partial charge in [-0.15, -0.1) is 0 Å². The van der Waals surface area contributed by atoms with E-state index in [-0.39, 0.29) is 23.6 Å². The second kappa shape index (κ2) is 10.4. The van der Waals surface area contributed by atoms with E-state index in [1.807, 2.05) is 54.6 Å². The Balaban J connectivity index is 1.47. The van der Waals surface area contributed by atoms with Crippen LogP contribution < -0.4 is 10.1 Å². The maximum atomic E-state index is 13.5. The third-order valence-corrected chi connectivity index (χ3v) is 6.11. The summed E-state index contributed by atoms with van der Waals surface area (Å²) in [4.78, 5) is 15.4. The Morgan fingerprint density at radius 3 is 2.38 bits per heavy atom. The summed E-state index contributed by atoms with van der Waals surface area (Å²) in [7, 11) is 1.66. The van der Waals surface area contributed by atoms with Crippen molar-refractivity contribution >= 4 is 5.91 Å². The first-order valence-electron chi connectivity index (χ1n) is 11.0. The summed E-state index contributed by atoms with van der Waals surface area (Å²) >= 11 is 0. The van der Waals surface area contributed by atoms with Crippen molar-refractivity contribution in [3.05, 3.63) is 101 Å². The number of nitrogens with one attached hydrogen (secondary N) is 1. The first-order valence-corrected chi connectivity index (χ1v) is 11.0. The van der Waals surface area contributed by atoms with Gasteiger partial charge in [0.25, 0.3) is 0 Å². The van der Waals surface area contributed by atoms with E-state index in [1.165, 1.54) is 17.7 Å². The number of hydrogen-bond donors (Lipinski definition) is 1. The van der Waals surface area contributed by atoms with E-state index in [0.29, 0.717) is 13.1 Å². The first kappa shape index (κ1) is 22.0. The summed E-state index contributed by atoms with van der Waals surface area (Å²) < 4.78 is 18.7. The van der Waals surface area contributed by atoms with Crippen molar-refractivity contribution in [2.75, 3.05) is 20.2 Å². The van der Waals surface area contributed by atoms with Gasteiger partial charge in [0.1, 0.15) is 11.6 Å². The monoisotopic (exact) mass is 432 g/mol. The van der Waals surface area contributed by atoms with Gasteiger partial charge in [-0.1, -0.05) is 54.6 Å². The molecule has 4 rings (SSSR count). The van der Waals surface area contributed by atoms with Crippen LogP contribution in [0.25, 0.3) is 0 Å². The molecular formula is C27H29FN2O2. The fourth-order valence-corrected chi connectivity index (χ4v) is 4.40. The van der Waals surface area contributed by atoms with Gasteiger partial charge in [-0.3, -0.25) is 9.69 Å². The van der Waals surface area contributed by atoms with Crippen LogP contribution in [0.15, 0.2) is 78.9 Å². The Morgan fingerprint density at radius 1 is 0.969 bits per heavy atom. The Morgan fingerprint density at radius 2 is 1.69 bits per heavy atom. The lowest BCUT2D eigenvalue weighted by molar-refractivity contribution is -0.127. The summed E-state index contributed by atoms with van der Waals surface area (Å²) in [5.41, 5.74) is 3.34. The smallest absolute Gasteiger partial charge is 0.224 e.